The van der Waals surface area contributed by atoms with Crippen molar-refractivity contribution in [1.29, 1.82) is 0 Å². The highest BCUT2D eigenvalue weighted by Gasteiger charge is 2.44. The molecule has 3 aromatic rings. The standard InChI is InChI=1S/C24H23F3N6O3/c1-11(12-2-3-12)32-8-14-6-13(7-16(24(25,26)27)18(14)23(32)35)17-4-5-33-21(30-17)19(20(28)31-33)22(34)29-15-9-36-10-15/h4-7,11-12,15H,2-3,8-10H2,1H3,(H2,28,31)(H,29,34). The minimum Gasteiger partial charge on any atom is -0.381 e. The maximum atomic E-state index is 14.1. The van der Waals surface area contributed by atoms with Crippen molar-refractivity contribution < 1.29 is 27.5 Å². The average molecular weight is 500 g/mol. The van der Waals surface area contributed by atoms with E-state index in [-0.39, 0.29) is 52.5 Å². The number of rotatable bonds is 5. The smallest absolute Gasteiger partial charge is 0.381 e. The van der Waals surface area contributed by atoms with Crippen molar-refractivity contribution in [3.05, 3.63) is 46.6 Å². The molecule has 0 radical (unpaired) electrons. The maximum Gasteiger partial charge on any atom is 0.417 e. The first kappa shape index (κ1) is 22.8. The summed E-state index contributed by atoms with van der Waals surface area (Å²) >= 11 is 0. The summed E-state index contributed by atoms with van der Waals surface area (Å²) in [7, 11) is 0. The number of halogens is 3. The van der Waals surface area contributed by atoms with E-state index in [9.17, 15) is 22.8 Å². The summed E-state index contributed by atoms with van der Waals surface area (Å²) in [6.45, 7) is 2.77. The highest BCUT2D eigenvalue weighted by molar-refractivity contribution is 6.04. The predicted octanol–water partition coefficient (Wildman–Crippen LogP) is 2.88. The molecule has 1 aromatic carbocycles. The predicted molar refractivity (Wildman–Crippen MR) is 122 cm³/mol. The van der Waals surface area contributed by atoms with Crippen LogP contribution in [-0.4, -0.2) is 56.6 Å². The van der Waals surface area contributed by atoms with Crippen molar-refractivity contribution in [2.75, 3.05) is 18.9 Å². The molecule has 2 aromatic heterocycles. The lowest BCUT2D eigenvalue weighted by Gasteiger charge is -2.26. The molecule has 3 N–H and O–H groups in total. The third-order valence-electron chi connectivity index (χ3n) is 7.14. The molecule has 4 heterocycles. The van der Waals surface area contributed by atoms with E-state index < -0.39 is 23.6 Å². The van der Waals surface area contributed by atoms with Crippen molar-refractivity contribution in [2.45, 2.75) is 44.6 Å². The number of hydrogen-bond donors (Lipinski definition) is 2. The number of nitrogen functional groups attached to an aromatic ring is 1. The first-order valence-corrected chi connectivity index (χ1v) is 11.7. The van der Waals surface area contributed by atoms with Crippen LogP contribution in [0.25, 0.3) is 16.9 Å². The van der Waals surface area contributed by atoms with Crippen LogP contribution in [0.3, 0.4) is 0 Å². The summed E-state index contributed by atoms with van der Waals surface area (Å²) in [5.41, 5.74) is 5.56. The first-order chi connectivity index (χ1) is 17.1. The Morgan fingerprint density at radius 1 is 1.28 bits per heavy atom. The van der Waals surface area contributed by atoms with E-state index in [0.717, 1.165) is 18.9 Å². The Bertz CT molecular complexity index is 1410. The number of alkyl halides is 3. The molecular formula is C24H23F3N6O3. The molecule has 9 nitrogen and oxygen atoms in total. The van der Waals surface area contributed by atoms with Gasteiger partial charge in [-0.05, 0) is 49.4 Å². The molecule has 2 aliphatic heterocycles. The molecule has 36 heavy (non-hydrogen) atoms. The second-order valence-electron chi connectivity index (χ2n) is 9.62. The van der Waals surface area contributed by atoms with Crippen LogP contribution in [0.5, 0.6) is 0 Å². The van der Waals surface area contributed by atoms with Gasteiger partial charge in [0.2, 0.25) is 0 Å². The SMILES string of the molecule is CC(C1CC1)N1Cc2cc(-c3ccn4nc(N)c(C(=O)NC5COC5)c4n3)cc(C(F)(F)F)c2C1=O. The van der Waals surface area contributed by atoms with E-state index >= 15 is 0 Å². The van der Waals surface area contributed by atoms with Crippen LogP contribution in [-0.2, 0) is 17.5 Å². The summed E-state index contributed by atoms with van der Waals surface area (Å²) in [6, 6.07) is 3.75. The van der Waals surface area contributed by atoms with Gasteiger partial charge in [-0.15, -0.1) is 5.10 Å². The number of carbonyl (C=O) groups excluding carboxylic acids is 2. The fourth-order valence-corrected chi connectivity index (χ4v) is 4.91. The van der Waals surface area contributed by atoms with Gasteiger partial charge in [0, 0.05) is 24.3 Å². The van der Waals surface area contributed by atoms with Gasteiger partial charge in [0.25, 0.3) is 11.8 Å². The molecule has 1 saturated carbocycles. The van der Waals surface area contributed by atoms with E-state index in [2.05, 4.69) is 15.4 Å². The average Bonchev–Trinajstić information content (AvgIpc) is 3.52. The monoisotopic (exact) mass is 500 g/mol. The Kier molecular flexibility index (Phi) is 5.01. The van der Waals surface area contributed by atoms with Crippen molar-refractivity contribution in [1.82, 2.24) is 24.8 Å². The van der Waals surface area contributed by atoms with E-state index in [0.29, 0.717) is 24.7 Å². The van der Waals surface area contributed by atoms with Gasteiger partial charge in [-0.3, -0.25) is 9.59 Å². The molecule has 12 heteroatoms. The van der Waals surface area contributed by atoms with E-state index in [1.807, 2.05) is 6.92 Å². The topological polar surface area (TPSA) is 115 Å². The van der Waals surface area contributed by atoms with Crippen molar-refractivity contribution >= 4 is 23.3 Å². The number of carbonyl (C=O) groups is 2. The second kappa shape index (κ2) is 7.92. The molecule has 1 aliphatic carbocycles. The zero-order valence-electron chi connectivity index (χ0n) is 19.3. The maximum absolute atomic E-state index is 14.1. The molecule has 0 spiro atoms. The number of anilines is 1. The molecule has 188 valence electrons. The highest BCUT2D eigenvalue weighted by Crippen LogP contribution is 2.43. The van der Waals surface area contributed by atoms with Gasteiger partial charge in [0.05, 0.1) is 36.1 Å². The molecular weight excluding hydrogens is 477 g/mol. The van der Waals surface area contributed by atoms with Crippen LogP contribution >= 0.6 is 0 Å². The number of fused-ring (bicyclic) bond motifs is 2. The highest BCUT2D eigenvalue weighted by atomic mass is 19.4. The number of nitrogens with one attached hydrogen (secondary N) is 1. The van der Waals surface area contributed by atoms with Crippen LogP contribution in [0, 0.1) is 5.92 Å². The molecule has 0 bridgehead atoms. The molecule has 6 rings (SSSR count). The van der Waals surface area contributed by atoms with Crippen LogP contribution in [0.2, 0.25) is 0 Å². The van der Waals surface area contributed by atoms with Crippen LogP contribution in [0.4, 0.5) is 19.0 Å². The zero-order chi connectivity index (χ0) is 25.4. The summed E-state index contributed by atoms with van der Waals surface area (Å²) in [4.78, 5) is 31.8. The molecule has 3 aliphatic rings. The van der Waals surface area contributed by atoms with Crippen LogP contribution in [0.15, 0.2) is 24.4 Å². The largest absolute Gasteiger partial charge is 0.417 e. The third-order valence-corrected chi connectivity index (χ3v) is 7.14. The number of amides is 2. The van der Waals surface area contributed by atoms with Gasteiger partial charge in [0.1, 0.15) is 5.56 Å². The normalized spacial score (nSPS) is 18.9. The Hall–Kier alpha value is -3.67. The first-order valence-electron chi connectivity index (χ1n) is 11.7. The lowest BCUT2D eigenvalue weighted by atomic mass is 9.97. The van der Waals surface area contributed by atoms with Gasteiger partial charge in [0.15, 0.2) is 11.5 Å². The quantitative estimate of drug-likeness (QED) is 0.557. The Labute approximate surface area is 203 Å². The van der Waals surface area contributed by atoms with Crippen LogP contribution in [0.1, 0.15) is 51.6 Å². The second-order valence-corrected chi connectivity index (χ2v) is 9.62. The number of nitrogens with two attached hydrogens (primary N) is 1. The van der Waals surface area contributed by atoms with Gasteiger partial charge in [-0.25, -0.2) is 9.50 Å². The number of aromatic nitrogens is 3. The Balaban J connectivity index is 1.43. The Morgan fingerprint density at radius 2 is 2.03 bits per heavy atom. The zero-order valence-corrected chi connectivity index (χ0v) is 19.3. The minimum atomic E-state index is -4.73. The summed E-state index contributed by atoms with van der Waals surface area (Å²) in [5, 5.41) is 6.88. The summed E-state index contributed by atoms with van der Waals surface area (Å²) in [5.74, 6) is -0.794. The summed E-state index contributed by atoms with van der Waals surface area (Å²) < 4.78 is 48.7. The van der Waals surface area contributed by atoms with E-state index in [1.54, 1.807) is 6.07 Å². The van der Waals surface area contributed by atoms with Gasteiger partial charge < -0.3 is 20.7 Å². The van der Waals surface area contributed by atoms with E-state index in [4.69, 9.17) is 10.5 Å². The number of nitrogens with zero attached hydrogens (tertiary/aromatic N) is 4. The molecule has 2 fully saturated rings. The molecule has 1 unspecified atom stereocenters. The lowest BCUT2D eigenvalue weighted by molar-refractivity contribution is -0.137. The number of benzene rings is 1. The fraction of sp³-hybridized carbons (Fsp3) is 0.417. The Morgan fingerprint density at radius 3 is 2.67 bits per heavy atom. The number of hydrogen-bond acceptors (Lipinski definition) is 6. The fourth-order valence-electron chi connectivity index (χ4n) is 4.91. The van der Waals surface area contributed by atoms with Crippen molar-refractivity contribution in [3.8, 4) is 11.3 Å². The minimum absolute atomic E-state index is 0.0422. The van der Waals surface area contributed by atoms with Gasteiger partial charge in [-0.1, -0.05) is 0 Å². The van der Waals surface area contributed by atoms with Crippen molar-refractivity contribution in [2.24, 2.45) is 5.92 Å². The lowest BCUT2D eigenvalue weighted by Crippen LogP contribution is -2.48. The van der Waals surface area contributed by atoms with Crippen molar-refractivity contribution in [3.63, 3.8) is 0 Å². The van der Waals surface area contributed by atoms with Gasteiger partial charge >= 0.3 is 6.18 Å². The van der Waals surface area contributed by atoms with Gasteiger partial charge in [-0.2, -0.15) is 13.2 Å². The third kappa shape index (κ3) is 3.67. The van der Waals surface area contributed by atoms with E-state index in [1.165, 1.54) is 21.7 Å². The number of ether oxygens (including phenoxy) is 1. The molecule has 1 saturated heterocycles. The molecule has 2 amide bonds. The summed E-state index contributed by atoms with van der Waals surface area (Å²) in [6.07, 6.45) is -1.29. The molecule has 1 atom stereocenters. The van der Waals surface area contributed by atoms with Crippen LogP contribution < -0.4 is 11.1 Å².